The number of hydrogen-bond acceptors (Lipinski definition) is 6. The molecule has 144 valence electrons. The molecule has 1 aromatic heterocycles. The Morgan fingerprint density at radius 2 is 1.64 bits per heavy atom. The number of benzene rings is 2. The van der Waals surface area contributed by atoms with Crippen molar-refractivity contribution in [3.63, 3.8) is 0 Å². The number of amides is 1. The first-order valence-corrected chi connectivity index (χ1v) is 8.74. The van der Waals surface area contributed by atoms with Crippen molar-refractivity contribution in [2.24, 2.45) is 0 Å². The lowest BCUT2D eigenvalue weighted by Gasteiger charge is -2.10. The summed E-state index contributed by atoms with van der Waals surface area (Å²) in [5, 5.41) is 5.93. The van der Waals surface area contributed by atoms with E-state index in [-0.39, 0.29) is 5.91 Å². The van der Waals surface area contributed by atoms with E-state index in [0.29, 0.717) is 35.2 Å². The van der Waals surface area contributed by atoms with Crippen molar-refractivity contribution in [2.75, 3.05) is 24.9 Å². The van der Waals surface area contributed by atoms with Crippen LogP contribution < -0.4 is 20.1 Å². The van der Waals surface area contributed by atoms with Gasteiger partial charge in [0.25, 0.3) is 5.91 Å². The van der Waals surface area contributed by atoms with Gasteiger partial charge >= 0.3 is 0 Å². The molecule has 0 bridgehead atoms. The molecule has 1 amide bonds. The molecule has 0 aliphatic carbocycles. The van der Waals surface area contributed by atoms with Crippen molar-refractivity contribution in [2.45, 2.75) is 13.5 Å². The molecule has 0 fully saturated rings. The molecule has 0 saturated heterocycles. The molecule has 0 spiro atoms. The van der Waals surface area contributed by atoms with Crippen LogP contribution in [0, 0.1) is 6.92 Å². The van der Waals surface area contributed by atoms with E-state index in [9.17, 15) is 4.79 Å². The zero-order chi connectivity index (χ0) is 19.9. The van der Waals surface area contributed by atoms with Gasteiger partial charge in [0.1, 0.15) is 0 Å². The second kappa shape index (κ2) is 8.85. The number of rotatable bonds is 7. The lowest BCUT2D eigenvalue weighted by molar-refractivity contribution is 0.102. The van der Waals surface area contributed by atoms with Crippen LogP contribution in [-0.2, 0) is 6.54 Å². The van der Waals surface area contributed by atoms with Crippen LogP contribution in [0.5, 0.6) is 11.5 Å². The Labute approximate surface area is 163 Å². The summed E-state index contributed by atoms with van der Waals surface area (Å²) in [4.78, 5) is 20.8. The molecule has 28 heavy (non-hydrogen) atoms. The standard InChI is InChI=1S/C21H22N4O3/c1-14-4-6-15(7-5-14)11-22-21-23-12-16(13-24-21)20(26)25-17-8-9-18(27-2)19(10-17)28-3/h4-10,12-13H,11H2,1-3H3,(H,25,26)(H,22,23,24). The summed E-state index contributed by atoms with van der Waals surface area (Å²) in [6.07, 6.45) is 2.97. The van der Waals surface area contributed by atoms with Gasteiger partial charge < -0.3 is 20.1 Å². The minimum absolute atomic E-state index is 0.308. The molecule has 3 aromatic rings. The predicted octanol–water partition coefficient (Wildman–Crippen LogP) is 3.67. The summed E-state index contributed by atoms with van der Waals surface area (Å²) in [5.41, 5.74) is 3.29. The van der Waals surface area contributed by atoms with Crippen LogP contribution in [0.4, 0.5) is 11.6 Å². The number of aromatic nitrogens is 2. The molecule has 1 heterocycles. The number of hydrogen-bond donors (Lipinski definition) is 2. The maximum Gasteiger partial charge on any atom is 0.258 e. The van der Waals surface area contributed by atoms with Gasteiger partial charge in [-0.05, 0) is 24.6 Å². The van der Waals surface area contributed by atoms with Crippen molar-refractivity contribution in [1.29, 1.82) is 0 Å². The highest BCUT2D eigenvalue weighted by atomic mass is 16.5. The monoisotopic (exact) mass is 378 g/mol. The fraction of sp³-hybridized carbons (Fsp3) is 0.190. The van der Waals surface area contributed by atoms with E-state index in [4.69, 9.17) is 9.47 Å². The van der Waals surface area contributed by atoms with Gasteiger partial charge in [0.2, 0.25) is 5.95 Å². The minimum Gasteiger partial charge on any atom is -0.493 e. The predicted molar refractivity (Wildman–Crippen MR) is 108 cm³/mol. The average molecular weight is 378 g/mol. The van der Waals surface area contributed by atoms with E-state index in [2.05, 4.69) is 32.7 Å². The van der Waals surface area contributed by atoms with Gasteiger partial charge in [-0.25, -0.2) is 9.97 Å². The van der Waals surface area contributed by atoms with Crippen LogP contribution in [0.3, 0.4) is 0 Å². The van der Waals surface area contributed by atoms with Crippen molar-refractivity contribution in [3.05, 3.63) is 71.5 Å². The maximum atomic E-state index is 12.4. The first kappa shape index (κ1) is 19.2. The Kier molecular flexibility index (Phi) is 6.06. The number of carbonyl (C=O) groups excluding carboxylic acids is 1. The fourth-order valence-corrected chi connectivity index (χ4v) is 2.54. The van der Waals surface area contributed by atoms with Crippen LogP contribution in [0.25, 0.3) is 0 Å². The topological polar surface area (TPSA) is 85.4 Å². The molecule has 7 heteroatoms. The van der Waals surface area contributed by atoms with Gasteiger partial charge in [0.15, 0.2) is 11.5 Å². The smallest absolute Gasteiger partial charge is 0.258 e. The van der Waals surface area contributed by atoms with Crippen molar-refractivity contribution < 1.29 is 14.3 Å². The van der Waals surface area contributed by atoms with Crippen LogP contribution in [0.2, 0.25) is 0 Å². The Morgan fingerprint density at radius 1 is 0.964 bits per heavy atom. The summed E-state index contributed by atoms with van der Waals surface area (Å²) in [6.45, 7) is 2.66. The second-order valence-corrected chi connectivity index (χ2v) is 6.16. The molecule has 7 nitrogen and oxygen atoms in total. The number of anilines is 2. The molecule has 0 aliphatic heterocycles. The number of aryl methyl sites for hydroxylation is 1. The summed E-state index contributed by atoms with van der Waals surface area (Å²) >= 11 is 0. The van der Waals surface area contributed by atoms with Gasteiger partial charge in [0.05, 0.1) is 19.8 Å². The van der Waals surface area contributed by atoms with Gasteiger partial charge in [0, 0.05) is 30.7 Å². The van der Waals surface area contributed by atoms with Crippen molar-refractivity contribution in [3.8, 4) is 11.5 Å². The number of carbonyl (C=O) groups is 1. The largest absolute Gasteiger partial charge is 0.493 e. The number of ether oxygens (including phenoxy) is 2. The molecule has 2 N–H and O–H groups in total. The lowest BCUT2D eigenvalue weighted by atomic mass is 10.1. The van der Waals surface area contributed by atoms with E-state index in [0.717, 1.165) is 5.56 Å². The fourth-order valence-electron chi connectivity index (χ4n) is 2.54. The molecule has 0 aliphatic rings. The van der Waals surface area contributed by atoms with E-state index in [1.165, 1.54) is 18.0 Å². The van der Waals surface area contributed by atoms with E-state index < -0.39 is 0 Å². The Hall–Kier alpha value is -3.61. The third-order valence-electron chi connectivity index (χ3n) is 4.13. The number of nitrogens with zero attached hydrogens (tertiary/aromatic N) is 2. The highest BCUT2D eigenvalue weighted by Gasteiger charge is 2.10. The van der Waals surface area contributed by atoms with Crippen LogP contribution >= 0.6 is 0 Å². The first-order chi connectivity index (χ1) is 13.6. The van der Waals surface area contributed by atoms with E-state index in [1.54, 1.807) is 32.4 Å². The van der Waals surface area contributed by atoms with Gasteiger partial charge in [-0.1, -0.05) is 29.8 Å². The minimum atomic E-state index is -0.308. The Balaban J connectivity index is 1.61. The molecule has 2 aromatic carbocycles. The number of nitrogens with one attached hydrogen (secondary N) is 2. The molecular weight excluding hydrogens is 356 g/mol. The Bertz CT molecular complexity index is 941. The summed E-state index contributed by atoms with van der Waals surface area (Å²) < 4.78 is 10.4. The zero-order valence-electron chi connectivity index (χ0n) is 16.0. The van der Waals surface area contributed by atoms with Crippen LogP contribution in [0.15, 0.2) is 54.9 Å². The quantitative estimate of drug-likeness (QED) is 0.653. The zero-order valence-corrected chi connectivity index (χ0v) is 16.0. The summed E-state index contributed by atoms with van der Waals surface area (Å²) in [7, 11) is 3.10. The second-order valence-electron chi connectivity index (χ2n) is 6.16. The lowest BCUT2D eigenvalue weighted by Crippen LogP contribution is -2.13. The van der Waals surface area contributed by atoms with Crippen molar-refractivity contribution >= 4 is 17.5 Å². The highest BCUT2D eigenvalue weighted by Crippen LogP contribution is 2.29. The van der Waals surface area contributed by atoms with Crippen molar-refractivity contribution in [1.82, 2.24) is 9.97 Å². The van der Waals surface area contributed by atoms with E-state index in [1.807, 2.05) is 19.1 Å². The maximum absolute atomic E-state index is 12.4. The number of methoxy groups -OCH3 is 2. The van der Waals surface area contributed by atoms with Gasteiger partial charge in [-0.2, -0.15) is 0 Å². The molecular formula is C21H22N4O3. The third-order valence-corrected chi connectivity index (χ3v) is 4.13. The molecule has 3 rings (SSSR count). The summed E-state index contributed by atoms with van der Waals surface area (Å²) in [6, 6.07) is 13.4. The van der Waals surface area contributed by atoms with Crippen LogP contribution in [-0.4, -0.2) is 30.1 Å². The van der Waals surface area contributed by atoms with E-state index >= 15 is 0 Å². The Morgan fingerprint density at radius 3 is 2.29 bits per heavy atom. The first-order valence-electron chi connectivity index (χ1n) is 8.74. The highest BCUT2D eigenvalue weighted by molar-refractivity contribution is 6.04. The van der Waals surface area contributed by atoms with Gasteiger partial charge in [-0.3, -0.25) is 4.79 Å². The molecule has 0 radical (unpaired) electrons. The average Bonchev–Trinajstić information content (AvgIpc) is 2.73. The molecule has 0 saturated carbocycles. The molecule has 0 atom stereocenters. The third kappa shape index (κ3) is 4.76. The van der Waals surface area contributed by atoms with Crippen LogP contribution in [0.1, 0.15) is 21.5 Å². The summed E-state index contributed by atoms with van der Waals surface area (Å²) in [5.74, 6) is 1.28. The van der Waals surface area contributed by atoms with Gasteiger partial charge in [-0.15, -0.1) is 0 Å². The normalized spacial score (nSPS) is 10.2. The SMILES string of the molecule is COc1ccc(NC(=O)c2cnc(NCc3ccc(C)cc3)nc2)cc1OC. The molecule has 0 unspecified atom stereocenters.